The highest BCUT2D eigenvalue weighted by Crippen LogP contribution is 2.45. The highest BCUT2D eigenvalue weighted by molar-refractivity contribution is 7.47. The third-order valence-electron chi connectivity index (χ3n) is 19.3. The van der Waals surface area contributed by atoms with Gasteiger partial charge in [-0.15, -0.1) is 0 Å². The first-order chi connectivity index (χ1) is 47.7. The van der Waals surface area contributed by atoms with E-state index in [1.54, 1.807) is 0 Å². The van der Waals surface area contributed by atoms with Crippen molar-refractivity contribution in [1.29, 1.82) is 0 Å². The summed E-state index contributed by atoms with van der Waals surface area (Å²) in [7, 11) is -9.92. The van der Waals surface area contributed by atoms with E-state index in [0.29, 0.717) is 31.6 Å². The van der Waals surface area contributed by atoms with E-state index in [2.05, 4.69) is 55.4 Å². The Balaban J connectivity index is 5.15. The normalized spacial score (nSPS) is 14.6. The summed E-state index contributed by atoms with van der Waals surface area (Å²) in [6, 6.07) is 0. The lowest BCUT2D eigenvalue weighted by Gasteiger charge is -2.21. The minimum absolute atomic E-state index is 0.103. The lowest BCUT2D eigenvalue weighted by molar-refractivity contribution is -0.161. The number of unbranched alkanes of at least 4 members (excludes halogenated alkanes) is 41. The second-order valence-electron chi connectivity index (χ2n) is 30.2. The van der Waals surface area contributed by atoms with E-state index in [9.17, 15) is 43.2 Å². The number of hydrogen-bond acceptors (Lipinski definition) is 15. The molecule has 0 aliphatic rings. The number of ether oxygens (including phenoxy) is 4. The van der Waals surface area contributed by atoms with Crippen LogP contribution in [0.15, 0.2) is 0 Å². The Morgan fingerprint density at radius 3 is 0.717 bits per heavy atom. The van der Waals surface area contributed by atoms with Crippen LogP contribution in [0.5, 0.6) is 0 Å². The zero-order chi connectivity index (χ0) is 73.1. The van der Waals surface area contributed by atoms with E-state index in [0.717, 1.165) is 114 Å². The van der Waals surface area contributed by atoms with Gasteiger partial charge < -0.3 is 33.8 Å². The van der Waals surface area contributed by atoms with Crippen molar-refractivity contribution in [2.75, 3.05) is 39.6 Å². The molecule has 0 aromatic carbocycles. The van der Waals surface area contributed by atoms with Gasteiger partial charge >= 0.3 is 39.5 Å². The van der Waals surface area contributed by atoms with Crippen molar-refractivity contribution in [3.63, 3.8) is 0 Å². The average Bonchev–Trinajstić information content (AvgIpc) is 1.02. The van der Waals surface area contributed by atoms with Gasteiger partial charge in [0.2, 0.25) is 0 Å². The molecule has 0 aromatic heterocycles. The van der Waals surface area contributed by atoms with Crippen molar-refractivity contribution < 1.29 is 80.2 Å². The van der Waals surface area contributed by atoms with Gasteiger partial charge in [0.1, 0.15) is 19.3 Å². The zero-order valence-corrected chi connectivity index (χ0v) is 66.9. The summed E-state index contributed by atoms with van der Waals surface area (Å²) in [5.41, 5.74) is 0. The molecule has 0 saturated heterocycles. The van der Waals surface area contributed by atoms with Crippen molar-refractivity contribution in [3.8, 4) is 0 Å². The van der Waals surface area contributed by atoms with Crippen molar-refractivity contribution >= 4 is 39.5 Å². The molecule has 0 bridgehead atoms. The Kier molecular flexibility index (Phi) is 67.8. The number of hydrogen-bond donors (Lipinski definition) is 3. The van der Waals surface area contributed by atoms with Crippen molar-refractivity contribution in [2.24, 2.45) is 23.7 Å². The van der Waals surface area contributed by atoms with E-state index in [4.69, 9.17) is 37.0 Å². The Labute approximate surface area is 607 Å². The molecule has 0 fully saturated rings. The van der Waals surface area contributed by atoms with Crippen LogP contribution in [-0.2, 0) is 65.4 Å². The van der Waals surface area contributed by atoms with Crippen LogP contribution in [0.1, 0.15) is 409 Å². The molecule has 19 heteroatoms. The van der Waals surface area contributed by atoms with Crippen LogP contribution in [0.2, 0.25) is 0 Å². The molecule has 588 valence electrons. The summed E-state index contributed by atoms with van der Waals surface area (Å²) in [6.07, 6.45) is 55.7. The van der Waals surface area contributed by atoms with E-state index in [1.165, 1.54) is 205 Å². The van der Waals surface area contributed by atoms with E-state index in [1.807, 2.05) is 0 Å². The number of carbonyl (C=O) groups excluding carboxylic acids is 4. The first kappa shape index (κ1) is 97.1. The Morgan fingerprint density at radius 2 is 0.485 bits per heavy atom. The Morgan fingerprint density at radius 1 is 0.283 bits per heavy atom. The van der Waals surface area contributed by atoms with Gasteiger partial charge in [-0.3, -0.25) is 37.3 Å². The van der Waals surface area contributed by atoms with Crippen LogP contribution in [0.4, 0.5) is 0 Å². The Bertz CT molecular complexity index is 1940. The molecule has 0 spiro atoms. The van der Waals surface area contributed by atoms with E-state index < -0.39 is 97.5 Å². The predicted molar refractivity (Wildman–Crippen MR) is 404 cm³/mol. The summed E-state index contributed by atoms with van der Waals surface area (Å²) >= 11 is 0. The van der Waals surface area contributed by atoms with Crippen molar-refractivity contribution in [3.05, 3.63) is 0 Å². The van der Waals surface area contributed by atoms with Crippen molar-refractivity contribution in [1.82, 2.24) is 0 Å². The number of aliphatic hydroxyl groups is 1. The topological polar surface area (TPSA) is 237 Å². The van der Waals surface area contributed by atoms with Crippen LogP contribution in [-0.4, -0.2) is 96.7 Å². The highest BCUT2D eigenvalue weighted by atomic mass is 31.2. The van der Waals surface area contributed by atoms with Crippen LogP contribution in [0.3, 0.4) is 0 Å². The van der Waals surface area contributed by atoms with Gasteiger partial charge in [-0.05, 0) is 49.4 Å². The summed E-state index contributed by atoms with van der Waals surface area (Å²) in [6.45, 7) is 14.2. The maximum absolute atomic E-state index is 13.1. The second-order valence-corrected chi connectivity index (χ2v) is 33.1. The van der Waals surface area contributed by atoms with Crippen molar-refractivity contribution in [2.45, 2.75) is 427 Å². The molecule has 0 rings (SSSR count). The van der Waals surface area contributed by atoms with E-state index in [-0.39, 0.29) is 25.7 Å². The van der Waals surface area contributed by atoms with Gasteiger partial charge in [-0.1, -0.05) is 357 Å². The lowest BCUT2D eigenvalue weighted by atomic mass is 9.99. The fourth-order valence-corrected chi connectivity index (χ4v) is 13.8. The molecule has 0 amide bonds. The molecule has 99 heavy (non-hydrogen) atoms. The van der Waals surface area contributed by atoms with Crippen LogP contribution in [0.25, 0.3) is 0 Å². The molecule has 3 N–H and O–H groups in total. The maximum atomic E-state index is 13.1. The summed E-state index contributed by atoms with van der Waals surface area (Å²) in [5.74, 6) is 0.975. The van der Waals surface area contributed by atoms with Gasteiger partial charge in [-0.25, -0.2) is 9.13 Å². The number of phosphoric acid groups is 2. The number of esters is 4. The standard InChI is InChI=1S/C80H156O17P2/c1-9-72(7)58-50-42-34-28-24-20-17-18-21-25-29-35-44-52-60-77(82)90-67-76(97-80(85)63-55-47-39-38-43-51-59-73(8)10-2)69-95-99(88,89)93-65-74(81)64-92-98(86,87)94-68-75(66-91-78(83)61-53-45-37-31-33-41-49-57-71(5)6)96-79(84)62-54-46-36-30-26-22-16-14-12-11-13-15-19-23-27-32-40-48-56-70(3)4/h70-76,81H,9-69H2,1-8H3,(H,86,87)(H,88,89)/t72?,73?,74?,75-,76-/m1/s1. The quantitative estimate of drug-likeness (QED) is 0.0222. The monoisotopic (exact) mass is 1450 g/mol. The minimum atomic E-state index is -4.96. The fourth-order valence-electron chi connectivity index (χ4n) is 12.2. The molecule has 5 unspecified atom stereocenters. The second kappa shape index (κ2) is 69.1. The molecule has 0 radical (unpaired) electrons. The molecule has 0 aliphatic carbocycles. The Hall–Kier alpha value is -1.94. The first-order valence-electron chi connectivity index (χ1n) is 41.3. The van der Waals surface area contributed by atoms with Crippen LogP contribution < -0.4 is 0 Å². The summed E-state index contributed by atoms with van der Waals surface area (Å²) in [5, 5.41) is 10.6. The number of aliphatic hydroxyl groups excluding tert-OH is 1. The van der Waals surface area contributed by atoms with E-state index >= 15 is 0 Å². The fraction of sp³-hybridized carbons (Fsp3) is 0.950. The predicted octanol–water partition coefficient (Wildman–Crippen LogP) is 23.6. The van der Waals surface area contributed by atoms with Gasteiger partial charge in [0.15, 0.2) is 12.2 Å². The number of rotatable bonds is 77. The van der Waals surface area contributed by atoms with Gasteiger partial charge in [0.05, 0.1) is 26.4 Å². The smallest absolute Gasteiger partial charge is 0.462 e. The summed E-state index contributed by atoms with van der Waals surface area (Å²) in [4.78, 5) is 72.9. The minimum Gasteiger partial charge on any atom is -0.462 e. The maximum Gasteiger partial charge on any atom is 0.472 e. The number of phosphoric ester groups is 2. The average molecular weight is 1450 g/mol. The first-order valence-corrected chi connectivity index (χ1v) is 44.3. The van der Waals surface area contributed by atoms with Crippen LogP contribution >= 0.6 is 15.6 Å². The molecule has 0 saturated carbocycles. The third-order valence-corrected chi connectivity index (χ3v) is 21.2. The lowest BCUT2D eigenvalue weighted by Crippen LogP contribution is -2.30. The SMILES string of the molecule is CCC(C)CCCCCCCCCCCCCCCCC(=O)OC[C@H](COP(=O)(O)OCC(O)COP(=O)(O)OC[C@@H](COC(=O)CCCCCCCCCC(C)C)OC(=O)CCCCCCCCCCCCCCCCCCCCC(C)C)OC(=O)CCCCCCCCC(C)CC. The van der Waals surface area contributed by atoms with Gasteiger partial charge in [0, 0.05) is 25.7 Å². The third kappa shape index (κ3) is 71.5. The van der Waals surface area contributed by atoms with Gasteiger partial charge in [-0.2, -0.15) is 0 Å². The largest absolute Gasteiger partial charge is 0.472 e. The van der Waals surface area contributed by atoms with Gasteiger partial charge in [0.25, 0.3) is 0 Å². The molecule has 0 aliphatic heterocycles. The number of carbonyl (C=O) groups is 4. The molecular weight excluding hydrogens is 1290 g/mol. The molecular formula is C80H156O17P2. The molecule has 17 nitrogen and oxygen atoms in total. The molecule has 0 heterocycles. The zero-order valence-electron chi connectivity index (χ0n) is 65.1. The summed E-state index contributed by atoms with van der Waals surface area (Å²) < 4.78 is 68.6. The molecule has 0 aromatic rings. The van der Waals surface area contributed by atoms with Crippen LogP contribution in [0, 0.1) is 23.7 Å². The highest BCUT2D eigenvalue weighted by Gasteiger charge is 2.30. The molecule has 7 atom stereocenters.